The summed E-state index contributed by atoms with van der Waals surface area (Å²) >= 11 is 1.64. The minimum absolute atomic E-state index is 0.0197. The van der Waals surface area contributed by atoms with Gasteiger partial charge in [0, 0.05) is 25.0 Å². The number of aryl methyl sites for hydroxylation is 1. The second-order valence-electron chi connectivity index (χ2n) is 7.04. The van der Waals surface area contributed by atoms with Crippen LogP contribution >= 0.6 is 11.3 Å². The Kier molecular flexibility index (Phi) is 7.80. The van der Waals surface area contributed by atoms with E-state index in [0.29, 0.717) is 6.42 Å². The summed E-state index contributed by atoms with van der Waals surface area (Å²) in [6.45, 7) is 0.568. The molecule has 164 valence electrons. The fourth-order valence-electron chi connectivity index (χ4n) is 3.31. The van der Waals surface area contributed by atoms with Gasteiger partial charge in [-0.05, 0) is 29.9 Å². The molecule has 0 unspecified atom stereocenters. The number of nitrogen functional groups attached to an aromatic ring is 1. The molecular weight excluding hydrogens is 416 g/mol. The summed E-state index contributed by atoms with van der Waals surface area (Å²) in [5.74, 6) is -0.281. The normalized spacial score (nSPS) is 10.9. The number of rotatable bonds is 10. The summed E-state index contributed by atoms with van der Waals surface area (Å²) in [4.78, 5) is 42.9. The molecule has 3 aromatic rings. The van der Waals surface area contributed by atoms with Crippen LogP contribution in [0.25, 0.3) is 0 Å². The Labute approximate surface area is 183 Å². The van der Waals surface area contributed by atoms with E-state index in [1.54, 1.807) is 11.3 Å². The molecule has 0 radical (unpaired) electrons. The number of nitrogens with two attached hydrogens (primary N) is 1. The molecule has 8 nitrogen and oxygen atoms in total. The number of thiophene rings is 1. The van der Waals surface area contributed by atoms with Gasteiger partial charge in [-0.15, -0.1) is 11.3 Å². The minimum Gasteiger partial charge on any atom is -0.383 e. The highest BCUT2D eigenvalue weighted by molar-refractivity contribution is 7.09. The van der Waals surface area contributed by atoms with E-state index < -0.39 is 11.2 Å². The van der Waals surface area contributed by atoms with Gasteiger partial charge >= 0.3 is 5.69 Å². The molecule has 3 rings (SSSR count). The van der Waals surface area contributed by atoms with Crippen LogP contribution in [0.2, 0.25) is 0 Å². The van der Waals surface area contributed by atoms with Gasteiger partial charge in [0.2, 0.25) is 5.91 Å². The molecule has 0 fully saturated rings. The van der Waals surface area contributed by atoms with Gasteiger partial charge in [0.15, 0.2) is 5.69 Å². The number of nitrogens with one attached hydrogen (secondary N) is 1. The highest BCUT2D eigenvalue weighted by Gasteiger charge is 2.24. The van der Waals surface area contributed by atoms with E-state index in [1.807, 2.05) is 47.8 Å². The SMILES string of the molecule is COCCN(C(=O)CCCc1cccs1)c1c(N)n(Cc2ccccc2)c(=O)[nH]c1=O. The number of aromatic amines is 1. The lowest BCUT2D eigenvalue weighted by Crippen LogP contribution is -2.42. The molecule has 9 heteroatoms. The molecule has 0 aliphatic carbocycles. The van der Waals surface area contributed by atoms with E-state index in [-0.39, 0.29) is 43.5 Å². The second kappa shape index (κ2) is 10.7. The van der Waals surface area contributed by atoms with Crippen LogP contribution in [0.4, 0.5) is 11.5 Å². The van der Waals surface area contributed by atoms with Crippen molar-refractivity contribution in [1.82, 2.24) is 9.55 Å². The maximum atomic E-state index is 13.0. The lowest BCUT2D eigenvalue weighted by molar-refractivity contribution is -0.118. The van der Waals surface area contributed by atoms with E-state index >= 15 is 0 Å². The first-order chi connectivity index (χ1) is 15.0. The van der Waals surface area contributed by atoms with Crippen LogP contribution in [0.1, 0.15) is 23.3 Å². The van der Waals surface area contributed by atoms with Crippen molar-refractivity contribution in [2.24, 2.45) is 0 Å². The third-order valence-corrected chi connectivity index (χ3v) is 5.82. The molecule has 0 saturated carbocycles. The number of H-pyrrole nitrogens is 1. The van der Waals surface area contributed by atoms with Crippen LogP contribution in [0.15, 0.2) is 57.4 Å². The molecule has 0 spiro atoms. The number of benzene rings is 1. The van der Waals surface area contributed by atoms with Crippen LogP contribution < -0.4 is 21.9 Å². The summed E-state index contributed by atoms with van der Waals surface area (Å²) in [5.41, 5.74) is 5.78. The Bertz CT molecular complexity index is 1110. The lowest BCUT2D eigenvalue weighted by Gasteiger charge is -2.24. The number of methoxy groups -OCH3 is 1. The van der Waals surface area contributed by atoms with E-state index in [1.165, 1.54) is 21.5 Å². The molecular formula is C22H26N4O4S. The Morgan fingerprint density at radius 1 is 1.19 bits per heavy atom. The van der Waals surface area contributed by atoms with Crippen molar-refractivity contribution >= 4 is 28.7 Å². The molecule has 3 N–H and O–H groups in total. The number of carbonyl (C=O) groups excluding carboxylic acids is 1. The van der Waals surface area contributed by atoms with Crippen molar-refractivity contribution in [3.8, 4) is 0 Å². The number of hydrogen-bond donors (Lipinski definition) is 2. The summed E-state index contributed by atoms with van der Waals surface area (Å²) in [6.07, 6.45) is 1.67. The Morgan fingerprint density at radius 3 is 2.65 bits per heavy atom. The van der Waals surface area contributed by atoms with Gasteiger partial charge in [0.1, 0.15) is 5.82 Å². The van der Waals surface area contributed by atoms with E-state index in [2.05, 4.69) is 4.98 Å². The zero-order valence-corrected chi connectivity index (χ0v) is 18.2. The van der Waals surface area contributed by atoms with Crippen LogP contribution in [0, 0.1) is 0 Å². The fraction of sp³-hybridized carbons (Fsp3) is 0.318. The highest BCUT2D eigenvalue weighted by atomic mass is 32.1. The van der Waals surface area contributed by atoms with Crippen LogP contribution in [0.3, 0.4) is 0 Å². The van der Waals surface area contributed by atoms with Gasteiger partial charge in [-0.25, -0.2) is 4.79 Å². The van der Waals surface area contributed by atoms with E-state index in [9.17, 15) is 14.4 Å². The quantitative estimate of drug-likeness (QED) is 0.500. The van der Waals surface area contributed by atoms with E-state index in [0.717, 1.165) is 12.0 Å². The number of amides is 1. The number of nitrogens with zero attached hydrogens (tertiary/aromatic N) is 2. The van der Waals surface area contributed by atoms with Gasteiger partial charge in [-0.3, -0.25) is 19.1 Å². The molecule has 2 aromatic heterocycles. The predicted molar refractivity (Wildman–Crippen MR) is 123 cm³/mol. The number of ether oxygens (including phenoxy) is 1. The summed E-state index contributed by atoms with van der Waals surface area (Å²) in [7, 11) is 1.52. The monoisotopic (exact) mass is 442 g/mol. The molecule has 2 heterocycles. The second-order valence-corrected chi connectivity index (χ2v) is 8.07. The Balaban J connectivity index is 1.88. The molecule has 0 saturated heterocycles. The third-order valence-electron chi connectivity index (χ3n) is 4.88. The van der Waals surface area contributed by atoms with Crippen molar-refractivity contribution in [3.63, 3.8) is 0 Å². The zero-order chi connectivity index (χ0) is 22.2. The molecule has 31 heavy (non-hydrogen) atoms. The molecule has 0 aliphatic heterocycles. The van der Waals surface area contributed by atoms with E-state index in [4.69, 9.17) is 10.5 Å². The lowest BCUT2D eigenvalue weighted by atomic mass is 10.2. The first-order valence-corrected chi connectivity index (χ1v) is 10.9. The van der Waals surface area contributed by atoms with Crippen molar-refractivity contribution in [1.29, 1.82) is 0 Å². The van der Waals surface area contributed by atoms with Crippen molar-refractivity contribution < 1.29 is 9.53 Å². The van der Waals surface area contributed by atoms with Crippen LogP contribution in [-0.4, -0.2) is 35.7 Å². The molecule has 0 atom stereocenters. The number of hydrogen-bond acceptors (Lipinski definition) is 6. The minimum atomic E-state index is -0.686. The number of anilines is 2. The fourth-order valence-corrected chi connectivity index (χ4v) is 4.06. The van der Waals surface area contributed by atoms with Crippen molar-refractivity contribution in [3.05, 3.63) is 79.1 Å². The Hall–Kier alpha value is -3.17. The van der Waals surface area contributed by atoms with Gasteiger partial charge in [0.05, 0.1) is 13.2 Å². The first kappa shape index (κ1) is 22.5. The van der Waals surface area contributed by atoms with Crippen LogP contribution in [0.5, 0.6) is 0 Å². The molecule has 0 bridgehead atoms. The average molecular weight is 443 g/mol. The highest BCUT2D eigenvalue weighted by Crippen LogP contribution is 2.20. The van der Waals surface area contributed by atoms with Crippen molar-refractivity contribution in [2.75, 3.05) is 30.9 Å². The number of aromatic nitrogens is 2. The zero-order valence-electron chi connectivity index (χ0n) is 17.4. The van der Waals surface area contributed by atoms with Gasteiger partial charge in [-0.2, -0.15) is 0 Å². The molecule has 1 aromatic carbocycles. The maximum Gasteiger partial charge on any atom is 0.330 e. The average Bonchev–Trinajstić information content (AvgIpc) is 3.27. The summed E-state index contributed by atoms with van der Waals surface area (Å²) < 4.78 is 6.39. The third kappa shape index (κ3) is 5.71. The smallest absolute Gasteiger partial charge is 0.330 e. The Morgan fingerprint density at radius 2 is 1.97 bits per heavy atom. The molecule has 1 amide bonds. The summed E-state index contributed by atoms with van der Waals surface area (Å²) in [6, 6.07) is 13.3. The van der Waals surface area contributed by atoms with Gasteiger partial charge in [-0.1, -0.05) is 36.4 Å². The number of carbonyl (C=O) groups is 1. The van der Waals surface area contributed by atoms with Gasteiger partial charge in [0.25, 0.3) is 5.56 Å². The predicted octanol–water partition coefficient (Wildman–Crippen LogP) is 2.23. The van der Waals surface area contributed by atoms with Crippen molar-refractivity contribution in [2.45, 2.75) is 25.8 Å². The first-order valence-electron chi connectivity index (χ1n) is 9.99. The van der Waals surface area contributed by atoms with Gasteiger partial charge < -0.3 is 15.4 Å². The van der Waals surface area contributed by atoms with Crippen LogP contribution in [-0.2, 0) is 22.5 Å². The molecule has 0 aliphatic rings. The standard InChI is InChI=1S/C22H26N4O4S/c1-30-13-12-25(18(27)11-5-9-17-10-6-14-31-17)19-20(23)26(22(29)24-21(19)28)15-16-7-3-2-4-8-16/h2-4,6-8,10,14H,5,9,11-13,15,23H2,1H3,(H,24,28,29). The largest absolute Gasteiger partial charge is 0.383 e. The maximum absolute atomic E-state index is 13.0. The summed E-state index contributed by atoms with van der Waals surface area (Å²) in [5, 5.41) is 2.00. The topological polar surface area (TPSA) is 110 Å².